The Morgan fingerprint density at radius 3 is 1.12 bits per heavy atom. The minimum absolute atomic E-state index is 0.0912. The number of anilines is 2. The first-order valence-electron chi connectivity index (χ1n) is 17.8. The second-order valence-corrected chi connectivity index (χ2v) is 17.8. The molecule has 0 radical (unpaired) electrons. The van der Waals surface area contributed by atoms with E-state index in [2.05, 4.69) is 20.8 Å². The van der Waals surface area contributed by atoms with E-state index in [1.165, 1.54) is 45.3 Å². The Hall–Kier alpha value is -5.70. The number of carboxylic acid groups (broad SMARTS) is 1. The van der Waals surface area contributed by atoms with Crippen molar-refractivity contribution in [1.82, 2.24) is 29.0 Å². The molecule has 4 aromatic rings. The van der Waals surface area contributed by atoms with Crippen molar-refractivity contribution >= 4 is 55.2 Å². The monoisotopic (exact) mass is 850 g/mol. The lowest BCUT2D eigenvalue weighted by Crippen LogP contribution is -2.35. The fraction of sp³-hybridized carbons (Fsp3) is 0.405. The van der Waals surface area contributed by atoms with Gasteiger partial charge in [-0.1, -0.05) is 55.4 Å². The number of Topliss-reactive ketones (excluding diaryl/α,β-unsaturated/α-hetero) is 1. The van der Waals surface area contributed by atoms with Crippen LogP contribution in [0.1, 0.15) is 129 Å². The van der Waals surface area contributed by atoms with Crippen LogP contribution in [0.5, 0.6) is 0 Å². The van der Waals surface area contributed by atoms with Gasteiger partial charge in [0.1, 0.15) is 23.0 Å². The lowest BCUT2D eigenvalue weighted by atomic mass is 9.92. The second kappa shape index (κ2) is 18.3. The molecule has 2 heterocycles. The zero-order chi connectivity index (χ0) is 44.2. The summed E-state index contributed by atoms with van der Waals surface area (Å²) >= 11 is 0. The van der Waals surface area contributed by atoms with Crippen LogP contribution in [0.3, 0.4) is 0 Å². The zero-order valence-corrected chi connectivity index (χ0v) is 35.5. The summed E-state index contributed by atoms with van der Waals surface area (Å²) in [5.74, 6) is -3.09. The summed E-state index contributed by atoms with van der Waals surface area (Å²) in [7, 11) is -6.03. The Labute approximate surface area is 335 Å². The molecule has 0 atom stereocenters. The van der Waals surface area contributed by atoms with Crippen LogP contribution in [-0.2, 0) is 34.1 Å². The van der Waals surface area contributed by atoms with Crippen molar-refractivity contribution in [2.24, 2.45) is 14.1 Å². The van der Waals surface area contributed by atoms with Crippen LogP contribution < -0.4 is 20.1 Å². The van der Waals surface area contributed by atoms with E-state index in [1.54, 1.807) is 0 Å². The Balaban J connectivity index is 0.000000310. The summed E-state index contributed by atoms with van der Waals surface area (Å²) in [6.45, 7) is 15.9. The fourth-order valence-electron chi connectivity index (χ4n) is 5.71. The molecule has 0 fully saturated rings. The van der Waals surface area contributed by atoms with Gasteiger partial charge in [0.25, 0.3) is 20.0 Å². The summed E-state index contributed by atoms with van der Waals surface area (Å²) < 4.78 is 83.5. The van der Waals surface area contributed by atoms with Gasteiger partial charge < -0.3 is 15.7 Å². The van der Waals surface area contributed by atoms with Gasteiger partial charge >= 0.3 is 18.0 Å². The van der Waals surface area contributed by atoms with Crippen molar-refractivity contribution in [1.29, 1.82) is 0 Å². The number of aryl methyl sites for hydroxylation is 2. The highest BCUT2D eigenvalue weighted by Crippen LogP contribution is 2.35. The molecule has 0 unspecified atom stereocenters. The number of hydrogen-bond acceptors (Lipinski definition) is 10. The number of hydrogen-bond donors (Lipinski definition) is 5. The quantitative estimate of drug-likeness (QED) is 0.0960. The van der Waals surface area contributed by atoms with Crippen LogP contribution in [0.15, 0.2) is 46.5 Å². The van der Waals surface area contributed by atoms with Crippen molar-refractivity contribution in [2.75, 3.05) is 10.6 Å². The molecule has 2 aromatic carbocycles. The topological polar surface area (TPSA) is 241 Å². The van der Waals surface area contributed by atoms with Crippen LogP contribution in [0.2, 0.25) is 0 Å². The van der Waals surface area contributed by atoms with Crippen molar-refractivity contribution in [2.45, 2.75) is 96.0 Å². The van der Waals surface area contributed by atoms with Gasteiger partial charge in [0.2, 0.25) is 0 Å². The molecule has 5 N–H and O–H groups in total. The van der Waals surface area contributed by atoms with Gasteiger partial charge in [0, 0.05) is 44.5 Å². The molecule has 58 heavy (non-hydrogen) atoms. The highest BCUT2D eigenvalue weighted by Gasteiger charge is 2.27. The van der Waals surface area contributed by atoms with Gasteiger partial charge in [-0.2, -0.15) is 27.0 Å². The Bertz CT molecular complexity index is 2230. The van der Waals surface area contributed by atoms with Crippen molar-refractivity contribution in [3.63, 3.8) is 0 Å². The number of urea groups is 2. The van der Waals surface area contributed by atoms with Crippen LogP contribution in [0, 0.1) is 11.6 Å². The molecule has 0 saturated heterocycles. The number of amides is 4. The molecule has 0 aliphatic rings. The number of carbonyl (C=O) groups excluding carboxylic acids is 3. The average molecular weight is 851 g/mol. The largest absolute Gasteiger partial charge is 0.477 e. The number of sulfonamides is 2. The lowest BCUT2D eigenvalue weighted by molar-refractivity contribution is 0.0684. The van der Waals surface area contributed by atoms with Crippen molar-refractivity contribution in [3.05, 3.63) is 81.7 Å². The van der Waals surface area contributed by atoms with E-state index >= 15 is 0 Å². The predicted molar refractivity (Wildman–Crippen MR) is 211 cm³/mol. The number of aromatic nitrogens is 4. The van der Waals surface area contributed by atoms with E-state index in [1.807, 2.05) is 64.8 Å². The third-order valence-corrected chi connectivity index (χ3v) is 11.0. The molecular weight excluding hydrogens is 803 g/mol. The summed E-state index contributed by atoms with van der Waals surface area (Å²) in [5, 5.41) is 20.4. The number of halogens is 2. The van der Waals surface area contributed by atoms with Gasteiger partial charge in [-0.05, 0) is 70.2 Å². The molecule has 0 aliphatic carbocycles. The summed E-state index contributed by atoms with van der Waals surface area (Å²) in [6.07, 6.45) is 0. The number of nitrogens with one attached hydrogen (secondary N) is 4. The van der Waals surface area contributed by atoms with Crippen LogP contribution >= 0.6 is 0 Å². The van der Waals surface area contributed by atoms with E-state index in [9.17, 15) is 44.8 Å². The van der Waals surface area contributed by atoms with Crippen LogP contribution in [-0.4, -0.2) is 65.3 Å². The van der Waals surface area contributed by atoms with Gasteiger partial charge in [-0.25, -0.2) is 32.6 Å². The highest BCUT2D eigenvalue weighted by molar-refractivity contribution is 7.90. The number of benzene rings is 2. The first kappa shape index (κ1) is 46.7. The molecule has 0 aliphatic heterocycles. The minimum atomic E-state index is -4.42. The third-order valence-electron chi connectivity index (χ3n) is 8.59. The molecule has 0 bridgehead atoms. The van der Waals surface area contributed by atoms with Crippen molar-refractivity contribution in [3.8, 4) is 0 Å². The smallest absolute Gasteiger partial charge is 0.354 e. The Kier molecular flexibility index (Phi) is 14.7. The van der Waals surface area contributed by atoms with Crippen molar-refractivity contribution < 1.29 is 49.9 Å². The van der Waals surface area contributed by atoms with E-state index < -0.39 is 59.8 Å². The Morgan fingerprint density at radius 2 is 0.879 bits per heavy atom. The van der Waals surface area contributed by atoms with Gasteiger partial charge in [-0.3, -0.25) is 14.2 Å². The summed E-state index contributed by atoms with van der Waals surface area (Å²) in [6, 6.07) is 5.08. The molecule has 17 nitrogen and oxygen atoms in total. The van der Waals surface area contributed by atoms with E-state index in [0.717, 1.165) is 21.5 Å². The third kappa shape index (κ3) is 11.2. The van der Waals surface area contributed by atoms with Gasteiger partial charge in [-0.15, -0.1) is 0 Å². The predicted octanol–water partition coefficient (Wildman–Crippen LogP) is 6.53. The molecule has 2 aromatic heterocycles. The maximum atomic E-state index is 14.0. The fourth-order valence-corrected chi connectivity index (χ4v) is 7.50. The minimum Gasteiger partial charge on any atom is -0.477 e. The molecular formula is C37H48F2N8O9S2. The maximum absolute atomic E-state index is 14.0. The maximum Gasteiger partial charge on any atom is 0.354 e. The van der Waals surface area contributed by atoms with E-state index in [0.29, 0.717) is 33.6 Å². The van der Waals surface area contributed by atoms with E-state index in [-0.39, 0.29) is 40.8 Å². The van der Waals surface area contributed by atoms with E-state index in [4.69, 9.17) is 5.11 Å². The second-order valence-electron chi connectivity index (χ2n) is 14.5. The summed E-state index contributed by atoms with van der Waals surface area (Å²) in [5.41, 5.74) is 2.59. The van der Waals surface area contributed by atoms with Crippen LogP contribution in [0.4, 0.5) is 29.7 Å². The van der Waals surface area contributed by atoms with Crippen LogP contribution in [0.25, 0.3) is 0 Å². The normalized spacial score (nSPS) is 11.7. The Morgan fingerprint density at radius 1 is 0.586 bits per heavy atom. The molecule has 21 heteroatoms. The van der Waals surface area contributed by atoms with Gasteiger partial charge in [0.05, 0.1) is 0 Å². The summed E-state index contributed by atoms with van der Waals surface area (Å²) in [4.78, 5) is 47.5. The lowest BCUT2D eigenvalue weighted by Gasteiger charge is -2.20. The number of rotatable bonds is 12. The number of aromatic carboxylic acids is 1. The molecule has 4 rings (SSSR count). The first-order chi connectivity index (χ1) is 26.7. The molecule has 4 amide bonds. The SMILES string of the molecule is CC(=O)c1cc(S(=O)(=O)NC(=O)Nc2c(C(C)C)cc(F)cc2C(C)C)nn1C.CC(C)c1cc(F)cc(C(C)C)c1NC(=O)NS(=O)(=O)c1cc(C(=O)O)n(C)n1. The molecule has 316 valence electrons. The average Bonchev–Trinajstić information content (AvgIpc) is 3.69. The molecule has 0 spiro atoms. The number of nitrogens with zero attached hydrogens (tertiary/aromatic N) is 4. The van der Waals surface area contributed by atoms with Gasteiger partial charge in [0.15, 0.2) is 15.8 Å². The first-order valence-corrected chi connectivity index (χ1v) is 20.8. The highest BCUT2D eigenvalue weighted by atomic mass is 32.2. The number of ketones is 1. The zero-order valence-electron chi connectivity index (χ0n) is 33.8. The number of carboxylic acids is 1. The standard InChI is InChI=1S/C19H25FN4O4S.C18H23FN4O5S/c1-10(2)14-7-13(20)8-15(11(3)4)18(14)21-19(26)23-29(27,28)17-9-16(12(5)25)24(6)22-17;1-9(2)12-6-11(19)7-13(10(3)4)16(12)20-18(26)22-29(27,28)15-8-14(17(24)25)23(5)21-15/h7-11H,1-6H3,(H2,21,23,26);6-10H,1-5H3,(H,24,25)(H2,20,22,26). The molecule has 0 saturated carbocycles. The number of carbonyl (C=O) groups is 4.